The normalized spacial score (nSPS) is 14.2. The number of nitrogens with one attached hydrogen (secondary N) is 1. The monoisotopic (exact) mass is 340 g/mol. The van der Waals surface area contributed by atoms with Crippen molar-refractivity contribution in [3.05, 3.63) is 35.9 Å². The maximum Gasteiger partial charge on any atom is 0.443 e. The van der Waals surface area contributed by atoms with Crippen LogP contribution in [0.25, 0.3) is 0 Å². The van der Waals surface area contributed by atoms with Gasteiger partial charge in [-0.1, -0.05) is 30.3 Å². The highest BCUT2D eigenvalue weighted by Crippen LogP contribution is 2.17. The lowest BCUT2D eigenvalue weighted by Crippen LogP contribution is -2.31. The number of hydrogen-bond acceptors (Lipinski definition) is 5. The van der Waals surface area contributed by atoms with Crippen molar-refractivity contribution in [1.82, 2.24) is 4.72 Å². The van der Waals surface area contributed by atoms with E-state index < -0.39 is 28.0 Å². The van der Waals surface area contributed by atoms with Crippen molar-refractivity contribution in [3.8, 4) is 0 Å². The summed E-state index contributed by atoms with van der Waals surface area (Å²) in [5, 5.41) is 0. The molecule has 0 aliphatic rings. The van der Waals surface area contributed by atoms with Gasteiger partial charge in [-0.3, -0.25) is 9.52 Å². The molecule has 1 N–H and O–H groups in total. The van der Waals surface area contributed by atoms with Crippen molar-refractivity contribution >= 4 is 28.2 Å². The van der Waals surface area contributed by atoms with Gasteiger partial charge in [0.2, 0.25) is 5.91 Å². The molecule has 0 radical (unpaired) electrons. The van der Waals surface area contributed by atoms with Crippen LogP contribution in [0.2, 0.25) is 0 Å². The van der Waals surface area contributed by atoms with Crippen LogP contribution < -0.4 is 4.72 Å². The molecule has 0 unspecified atom stereocenters. The fraction of sp³-hybridized carbons (Fsp3) is 0.400. The van der Waals surface area contributed by atoms with E-state index in [2.05, 4.69) is 9.08 Å². The molecule has 0 aliphatic heterocycles. The summed E-state index contributed by atoms with van der Waals surface area (Å²) in [6.45, 7) is 2.84. The average molecular weight is 340 g/mol. The van der Waals surface area contributed by atoms with Crippen LogP contribution in [-0.2, 0) is 24.2 Å². The summed E-state index contributed by atoms with van der Waals surface area (Å²) in [7, 11) is -3.30. The third-order valence-corrected chi connectivity index (χ3v) is 4.71. The maximum absolute atomic E-state index is 12.5. The molecule has 0 saturated heterocycles. The maximum atomic E-state index is 12.5. The van der Waals surface area contributed by atoms with E-state index in [0.29, 0.717) is 6.29 Å². The summed E-state index contributed by atoms with van der Waals surface area (Å²) in [4.78, 5) is 33.3. The summed E-state index contributed by atoms with van der Waals surface area (Å²) < 4.78 is 23.3. The summed E-state index contributed by atoms with van der Waals surface area (Å²) >= 11 is 0. The minimum atomic E-state index is -3.30. The predicted octanol–water partition coefficient (Wildman–Crippen LogP) is 2.38. The molecule has 0 fully saturated rings. The van der Waals surface area contributed by atoms with Crippen LogP contribution in [0.15, 0.2) is 34.7 Å². The molecule has 0 saturated carbocycles. The zero-order valence-electron chi connectivity index (χ0n) is 13.1. The number of unbranched alkanes of at least 4 members (excludes halogenated alkanes) is 1. The van der Waals surface area contributed by atoms with Crippen molar-refractivity contribution in [2.24, 2.45) is 4.36 Å². The van der Waals surface area contributed by atoms with E-state index in [0.717, 1.165) is 5.56 Å². The molecule has 0 spiro atoms. The lowest BCUT2D eigenvalue weighted by Gasteiger charge is -2.13. The second-order valence-electron chi connectivity index (χ2n) is 4.84. The van der Waals surface area contributed by atoms with Gasteiger partial charge in [-0.15, -0.1) is 4.36 Å². The fourth-order valence-corrected chi connectivity index (χ4v) is 3.32. The number of carbonyl (C=O) groups excluding carboxylic acids is 3. The molecule has 0 heterocycles. The lowest BCUT2D eigenvalue weighted by atomic mass is 10.1. The van der Waals surface area contributed by atoms with Gasteiger partial charge in [0.1, 0.15) is 22.3 Å². The van der Waals surface area contributed by atoms with Crippen molar-refractivity contribution in [3.63, 3.8) is 0 Å². The first-order chi connectivity index (χ1) is 10.9. The molecule has 0 aliphatic carbocycles. The van der Waals surface area contributed by atoms with Crippen molar-refractivity contribution in [2.45, 2.75) is 32.8 Å². The van der Waals surface area contributed by atoms with Gasteiger partial charge in [-0.25, -0.2) is 9.00 Å². The third-order valence-electron chi connectivity index (χ3n) is 2.81. The Morgan fingerprint density at radius 1 is 1.35 bits per heavy atom. The molecule has 126 valence electrons. The lowest BCUT2D eigenvalue weighted by molar-refractivity contribution is -0.117. The van der Waals surface area contributed by atoms with Crippen LogP contribution in [0, 0.1) is 0 Å². The average Bonchev–Trinajstić information content (AvgIpc) is 2.47. The fourth-order valence-electron chi connectivity index (χ4n) is 1.79. The van der Waals surface area contributed by atoms with Crippen LogP contribution in [-0.4, -0.2) is 28.2 Å². The van der Waals surface area contributed by atoms with Crippen molar-refractivity contribution < 1.29 is 23.3 Å². The van der Waals surface area contributed by atoms with Crippen LogP contribution in [0.1, 0.15) is 38.4 Å². The van der Waals surface area contributed by atoms with E-state index in [1.807, 2.05) is 6.07 Å². The van der Waals surface area contributed by atoms with Crippen molar-refractivity contribution in [1.29, 1.82) is 0 Å². The molecular weight excluding hydrogens is 320 g/mol. The summed E-state index contributed by atoms with van der Waals surface area (Å²) in [6, 6.07) is 9.01. The highest BCUT2D eigenvalue weighted by Gasteiger charge is 2.16. The zero-order valence-corrected chi connectivity index (χ0v) is 13.9. The van der Waals surface area contributed by atoms with E-state index in [4.69, 9.17) is 4.74 Å². The standard InChI is InChI=1S/C15H20N2O5S/c1-12(14-8-4-3-5-9-14)22-15(20)17-23(21,16-13(2)19)11-7-6-10-18/h3-5,8-10,12H,6-7,11H2,1-2H3,(H,16,17,19,20,21)/t12-,23+/m0/s1. The number of amides is 2. The minimum absolute atomic E-state index is 0.0971. The number of hydrogen-bond donors (Lipinski definition) is 1. The number of carbonyl (C=O) groups is 3. The molecular formula is C15H20N2O5S. The predicted molar refractivity (Wildman–Crippen MR) is 85.9 cm³/mol. The number of aldehydes is 1. The quantitative estimate of drug-likeness (QED) is 0.606. The van der Waals surface area contributed by atoms with Gasteiger partial charge in [0, 0.05) is 13.3 Å². The zero-order chi connectivity index (χ0) is 17.3. The molecule has 1 aromatic rings. The molecule has 0 aromatic heterocycles. The number of rotatable bonds is 7. The van der Waals surface area contributed by atoms with Crippen LogP contribution in [0.5, 0.6) is 0 Å². The largest absolute Gasteiger partial charge is 0.443 e. The molecule has 8 heteroatoms. The Morgan fingerprint density at radius 3 is 2.57 bits per heavy atom. The molecule has 1 rings (SSSR count). The Labute approximate surface area is 135 Å². The summed E-state index contributed by atoms with van der Waals surface area (Å²) in [5.41, 5.74) is 0.767. The number of benzene rings is 1. The Bertz CT molecular complexity index is 666. The third kappa shape index (κ3) is 7.05. The summed E-state index contributed by atoms with van der Waals surface area (Å²) in [5.74, 6) is -0.672. The van der Waals surface area contributed by atoms with Gasteiger partial charge in [0.05, 0.1) is 5.75 Å². The number of ether oxygens (including phenoxy) is 1. The molecule has 7 nitrogen and oxygen atoms in total. The Kier molecular flexibility index (Phi) is 7.40. The van der Waals surface area contributed by atoms with Gasteiger partial charge in [-0.2, -0.15) is 0 Å². The van der Waals surface area contributed by atoms with Crippen LogP contribution >= 0.6 is 0 Å². The van der Waals surface area contributed by atoms with Crippen LogP contribution in [0.4, 0.5) is 4.79 Å². The molecule has 2 amide bonds. The van der Waals surface area contributed by atoms with Crippen LogP contribution in [0.3, 0.4) is 0 Å². The second-order valence-corrected chi connectivity index (χ2v) is 6.92. The topological polar surface area (TPSA) is 102 Å². The van der Waals surface area contributed by atoms with E-state index in [-0.39, 0.29) is 18.6 Å². The highest BCUT2D eigenvalue weighted by atomic mass is 32.2. The molecule has 1 aromatic carbocycles. The van der Waals surface area contributed by atoms with E-state index in [9.17, 15) is 18.6 Å². The molecule has 2 atom stereocenters. The van der Waals surface area contributed by atoms with E-state index >= 15 is 0 Å². The van der Waals surface area contributed by atoms with Gasteiger partial charge < -0.3 is 9.53 Å². The van der Waals surface area contributed by atoms with Gasteiger partial charge in [0.15, 0.2) is 0 Å². The number of nitrogens with zero attached hydrogens (tertiary/aromatic N) is 1. The highest BCUT2D eigenvalue weighted by molar-refractivity contribution is 7.92. The van der Waals surface area contributed by atoms with E-state index in [1.165, 1.54) is 6.92 Å². The first-order valence-corrected chi connectivity index (χ1v) is 8.77. The second kappa shape index (κ2) is 9.04. The Morgan fingerprint density at radius 2 is 2.00 bits per heavy atom. The smallest absolute Gasteiger partial charge is 0.440 e. The molecule has 0 bridgehead atoms. The first-order valence-electron chi connectivity index (χ1n) is 7.08. The van der Waals surface area contributed by atoms with Crippen molar-refractivity contribution in [2.75, 3.05) is 5.75 Å². The Balaban J connectivity index is 2.84. The van der Waals surface area contributed by atoms with Gasteiger partial charge in [0.25, 0.3) is 0 Å². The summed E-state index contributed by atoms with van der Waals surface area (Å²) in [6.07, 6.45) is -0.506. The molecule has 23 heavy (non-hydrogen) atoms. The first kappa shape index (κ1) is 18.8. The Hall–Kier alpha value is -2.22. The van der Waals surface area contributed by atoms with E-state index in [1.54, 1.807) is 31.2 Å². The SMILES string of the molecule is CC(=O)N[S@](=O)(CCCC=O)=NC(=O)O[C@@H](C)c1ccccc1. The minimum Gasteiger partial charge on any atom is -0.440 e. The van der Waals surface area contributed by atoms with Gasteiger partial charge in [-0.05, 0) is 18.9 Å². The van der Waals surface area contributed by atoms with Gasteiger partial charge >= 0.3 is 6.09 Å².